The number of rotatable bonds is 6. The van der Waals surface area contributed by atoms with Gasteiger partial charge in [-0.15, -0.1) is 0 Å². The number of hydrogen-bond acceptors (Lipinski definition) is 4. The summed E-state index contributed by atoms with van der Waals surface area (Å²) in [5.74, 6) is -0.259. The van der Waals surface area contributed by atoms with Gasteiger partial charge in [0.1, 0.15) is 6.61 Å². The van der Waals surface area contributed by atoms with Crippen molar-refractivity contribution in [3.05, 3.63) is 54.4 Å². The topological polar surface area (TPSA) is 92.4 Å². The van der Waals surface area contributed by atoms with Gasteiger partial charge in [-0.1, -0.05) is 6.07 Å². The Hall–Kier alpha value is -2.93. The highest BCUT2D eigenvalue weighted by Gasteiger charge is 2.10. The zero-order valence-electron chi connectivity index (χ0n) is 13.6. The van der Waals surface area contributed by atoms with E-state index in [2.05, 4.69) is 20.9 Å². The lowest BCUT2D eigenvalue weighted by Gasteiger charge is -2.15. The maximum atomic E-state index is 12.1. The van der Waals surface area contributed by atoms with Crippen LogP contribution in [0.2, 0.25) is 0 Å². The van der Waals surface area contributed by atoms with Crippen LogP contribution in [0, 0.1) is 0 Å². The van der Waals surface area contributed by atoms with Crippen LogP contribution >= 0.6 is 0 Å². The van der Waals surface area contributed by atoms with Gasteiger partial charge in [0.05, 0.1) is 6.04 Å². The molecule has 2 rings (SSSR count). The molecule has 0 spiro atoms. The van der Waals surface area contributed by atoms with Gasteiger partial charge in [0.25, 0.3) is 0 Å². The molecule has 7 nitrogen and oxygen atoms in total. The molecule has 0 radical (unpaired) electrons. The summed E-state index contributed by atoms with van der Waals surface area (Å²) in [6.45, 7) is 1.86. The van der Waals surface area contributed by atoms with Crippen molar-refractivity contribution in [2.75, 3.05) is 24.4 Å². The average Bonchev–Trinajstić information content (AvgIpc) is 2.56. The van der Waals surface area contributed by atoms with Gasteiger partial charge in [-0.25, -0.2) is 4.79 Å². The summed E-state index contributed by atoms with van der Waals surface area (Å²) in [7, 11) is 1.45. The maximum Gasteiger partial charge on any atom is 0.319 e. The summed E-state index contributed by atoms with van der Waals surface area (Å²) >= 11 is 0. The average molecular weight is 328 g/mol. The molecule has 1 heterocycles. The smallest absolute Gasteiger partial charge is 0.319 e. The lowest BCUT2D eigenvalue weighted by atomic mass is 10.1. The van der Waals surface area contributed by atoms with Gasteiger partial charge in [-0.3, -0.25) is 9.78 Å². The quantitative estimate of drug-likeness (QED) is 0.760. The van der Waals surface area contributed by atoms with Gasteiger partial charge in [0, 0.05) is 30.9 Å². The number of ether oxygens (including phenoxy) is 1. The first-order valence-corrected chi connectivity index (χ1v) is 7.45. The maximum absolute atomic E-state index is 12.1. The SMILES string of the molecule is COCC(=O)Nc1cccc(NC(=O)NC(C)c2ccncc2)c1. The molecule has 0 aliphatic rings. The minimum atomic E-state index is -0.334. The van der Waals surface area contributed by atoms with Crippen molar-refractivity contribution in [3.63, 3.8) is 0 Å². The number of methoxy groups -OCH3 is 1. The molecule has 0 aliphatic heterocycles. The van der Waals surface area contributed by atoms with Crippen LogP contribution in [0.4, 0.5) is 16.2 Å². The Morgan fingerprint density at radius 1 is 1.12 bits per heavy atom. The van der Waals surface area contributed by atoms with Gasteiger partial charge >= 0.3 is 6.03 Å². The van der Waals surface area contributed by atoms with Crippen molar-refractivity contribution in [1.29, 1.82) is 0 Å². The van der Waals surface area contributed by atoms with E-state index in [1.165, 1.54) is 7.11 Å². The third kappa shape index (κ3) is 5.36. The zero-order valence-corrected chi connectivity index (χ0v) is 13.6. The van der Waals surface area contributed by atoms with Crippen LogP contribution in [0.25, 0.3) is 0 Å². The summed E-state index contributed by atoms with van der Waals surface area (Å²) < 4.78 is 4.76. The van der Waals surface area contributed by atoms with Crippen LogP contribution in [0.15, 0.2) is 48.8 Å². The van der Waals surface area contributed by atoms with E-state index in [1.54, 1.807) is 36.7 Å². The van der Waals surface area contributed by atoms with Gasteiger partial charge < -0.3 is 20.7 Å². The number of aromatic nitrogens is 1. The lowest BCUT2D eigenvalue weighted by Crippen LogP contribution is -2.31. The lowest BCUT2D eigenvalue weighted by molar-refractivity contribution is -0.119. The predicted molar refractivity (Wildman–Crippen MR) is 91.8 cm³/mol. The van der Waals surface area contributed by atoms with E-state index < -0.39 is 0 Å². The van der Waals surface area contributed by atoms with Crippen LogP contribution in [0.5, 0.6) is 0 Å². The molecule has 126 valence electrons. The molecule has 0 saturated heterocycles. The second-order valence-corrected chi connectivity index (χ2v) is 5.16. The minimum Gasteiger partial charge on any atom is -0.375 e. The Bertz CT molecular complexity index is 691. The van der Waals surface area contributed by atoms with Crippen molar-refractivity contribution in [1.82, 2.24) is 10.3 Å². The number of carbonyl (C=O) groups excluding carboxylic acids is 2. The monoisotopic (exact) mass is 328 g/mol. The molecule has 3 N–H and O–H groups in total. The van der Waals surface area contributed by atoms with E-state index in [1.807, 2.05) is 19.1 Å². The fourth-order valence-electron chi connectivity index (χ4n) is 2.10. The summed E-state index contributed by atoms with van der Waals surface area (Å²) in [4.78, 5) is 27.5. The molecule has 24 heavy (non-hydrogen) atoms. The van der Waals surface area contributed by atoms with Crippen LogP contribution in [-0.2, 0) is 9.53 Å². The number of carbonyl (C=O) groups is 2. The first-order chi connectivity index (χ1) is 11.6. The number of anilines is 2. The molecule has 1 unspecified atom stereocenters. The molecule has 3 amide bonds. The van der Waals surface area contributed by atoms with Crippen molar-refractivity contribution < 1.29 is 14.3 Å². The molecule has 0 fully saturated rings. The van der Waals surface area contributed by atoms with Crippen LogP contribution in [0.1, 0.15) is 18.5 Å². The normalized spacial score (nSPS) is 11.4. The first kappa shape index (κ1) is 17.4. The number of amides is 3. The van der Waals surface area contributed by atoms with Crippen LogP contribution in [0.3, 0.4) is 0 Å². The third-order valence-corrected chi connectivity index (χ3v) is 3.23. The number of nitrogens with one attached hydrogen (secondary N) is 3. The molecule has 0 bridgehead atoms. The summed E-state index contributed by atoms with van der Waals surface area (Å²) in [6.07, 6.45) is 3.36. The molecule has 7 heteroatoms. The second-order valence-electron chi connectivity index (χ2n) is 5.16. The fraction of sp³-hybridized carbons (Fsp3) is 0.235. The molecule has 0 saturated carbocycles. The number of urea groups is 1. The molecular formula is C17H20N4O3. The first-order valence-electron chi connectivity index (χ1n) is 7.45. The summed E-state index contributed by atoms with van der Waals surface area (Å²) in [5.41, 5.74) is 2.11. The van der Waals surface area contributed by atoms with E-state index in [0.717, 1.165) is 5.56 Å². The zero-order chi connectivity index (χ0) is 17.4. The Morgan fingerprint density at radius 2 is 1.79 bits per heavy atom. The van der Waals surface area contributed by atoms with Crippen LogP contribution in [-0.4, -0.2) is 30.6 Å². The highest BCUT2D eigenvalue weighted by molar-refractivity contribution is 5.94. The molecule has 1 aromatic carbocycles. The van der Waals surface area contributed by atoms with E-state index in [4.69, 9.17) is 4.74 Å². The van der Waals surface area contributed by atoms with Crippen molar-refractivity contribution in [2.24, 2.45) is 0 Å². The van der Waals surface area contributed by atoms with E-state index >= 15 is 0 Å². The van der Waals surface area contributed by atoms with Gasteiger partial charge in [0.15, 0.2) is 0 Å². The highest BCUT2D eigenvalue weighted by Crippen LogP contribution is 2.16. The Kier molecular flexibility index (Phi) is 6.27. The molecule has 1 aromatic heterocycles. The molecule has 0 aliphatic carbocycles. The number of hydrogen-bond donors (Lipinski definition) is 3. The standard InChI is InChI=1S/C17H20N4O3/c1-12(13-6-8-18-9-7-13)19-17(23)21-15-5-3-4-14(10-15)20-16(22)11-24-2/h3-10,12H,11H2,1-2H3,(H,20,22)(H2,19,21,23). The third-order valence-electron chi connectivity index (χ3n) is 3.23. The Labute approximate surface area is 140 Å². The minimum absolute atomic E-state index is 0.0262. The predicted octanol–water partition coefficient (Wildman–Crippen LogP) is 2.55. The largest absolute Gasteiger partial charge is 0.375 e. The molecule has 2 aromatic rings. The van der Waals surface area contributed by atoms with E-state index in [0.29, 0.717) is 11.4 Å². The fourth-order valence-corrected chi connectivity index (χ4v) is 2.10. The Balaban J connectivity index is 1.93. The number of pyridine rings is 1. The van der Waals surface area contributed by atoms with Gasteiger partial charge in [-0.05, 0) is 42.8 Å². The summed E-state index contributed by atoms with van der Waals surface area (Å²) in [5, 5.41) is 8.26. The van der Waals surface area contributed by atoms with Crippen molar-refractivity contribution >= 4 is 23.3 Å². The Morgan fingerprint density at radius 3 is 2.46 bits per heavy atom. The summed E-state index contributed by atoms with van der Waals surface area (Å²) in [6, 6.07) is 10.1. The molecule has 1 atom stereocenters. The van der Waals surface area contributed by atoms with Gasteiger partial charge in [-0.2, -0.15) is 0 Å². The van der Waals surface area contributed by atoms with Crippen molar-refractivity contribution in [2.45, 2.75) is 13.0 Å². The van der Waals surface area contributed by atoms with E-state index in [9.17, 15) is 9.59 Å². The second kappa shape index (κ2) is 8.64. The number of nitrogens with zero attached hydrogens (tertiary/aromatic N) is 1. The van der Waals surface area contributed by atoms with Crippen LogP contribution < -0.4 is 16.0 Å². The highest BCUT2D eigenvalue weighted by atomic mass is 16.5. The van der Waals surface area contributed by atoms with Gasteiger partial charge in [0.2, 0.25) is 5.91 Å². The molecular weight excluding hydrogens is 308 g/mol. The van der Waals surface area contributed by atoms with E-state index in [-0.39, 0.29) is 24.6 Å². The number of benzene rings is 1. The van der Waals surface area contributed by atoms with Crippen molar-refractivity contribution in [3.8, 4) is 0 Å².